The zero-order valence-electron chi connectivity index (χ0n) is 7.27. The van der Waals surface area contributed by atoms with E-state index in [9.17, 15) is 4.79 Å². The molecule has 1 aromatic rings. The smallest absolute Gasteiger partial charge is 0.252 e. The van der Waals surface area contributed by atoms with Crippen molar-refractivity contribution in [3.63, 3.8) is 0 Å². The fourth-order valence-corrected chi connectivity index (χ4v) is 1.78. The van der Waals surface area contributed by atoms with Gasteiger partial charge in [0.1, 0.15) is 7.85 Å². The minimum Gasteiger partial charge on any atom is -0.348 e. The average Bonchev–Trinajstić information content (AvgIpc) is 2.31. The van der Waals surface area contributed by atoms with Crippen molar-refractivity contribution in [1.29, 1.82) is 0 Å². The Kier molecular flexibility index (Phi) is 1.46. The zero-order chi connectivity index (χ0) is 8.72. The number of benzene rings is 1. The van der Waals surface area contributed by atoms with Gasteiger partial charge in [-0.2, -0.15) is 0 Å². The molecule has 60 valence electrons. The monoisotopic (exact) mass is 159 g/mol. The molecule has 1 heterocycles. The molecular formula is C9H10BNO. The van der Waals surface area contributed by atoms with Gasteiger partial charge >= 0.3 is 0 Å². The molecule has 12 heavy (non-hydrogen) atoms. The van der Waals surface area contributed by atoms with Crippen molar-refractivity contribution in [2.75, 3.05) is 0 Å². The second-order valence-electron chi connectivity index (χ2n) is 3.30. The lowest BCUT2D eigenvalue weighted by atomic mass is 9.90. The van der Waals surface area contributed by atoms with Gasteiger partial charge in [0.25, 0.3) is 5.91 Å². The highest BCUT2D eigenvalue weighted by molar-refractivity contribution is 6.32. The quantitative estimate of drug-likeness (QED) is 0.508. The molecule has 0 saturated heterocycles. The van der Waals surface area contributed by atoms with Gasteiger partial charge < -0.3 is 5.32 Å². The molecule has 0 bridgehead atoms. The molecule has 0 fully saturated rings. The summed E-state index contributed by atoms with van der Waals surface area (Å²) in [5.41, 5.74) is 4.32. The van der Waals surface area contributed by atoms with Crippen LogP contribution in [0.2, 0.25) is 0 Å². The van der Waals surface area contributed by atoms with Crippen LogP contribution < -0.4 is 10.8 Å². The van der Waals surface area contributed by atoms with Crippen molar-refractivity contribution in [2.45, 2.75) is 13.5 Å². The lowest BCUT2D eigenvalue weighted by molar-refractivity contribution is 0.0965. The van der Waals surface area contributed by atoms with Gasteiger partial charge in [-0.3, -0.25) is 4.79 Å². The van der Waals surface area contributed by atoms with Crippen LogP contribution in [-0.4, -0.2) is 13.8 Å². The van der Waals surface area contributed by atoms with E-state index in [1.54, 1.807) is 0 Å². The van der Waals surface area contributed by atoms with Crippen LogP contribution in [0.1, 0.15) is 21.5 Å². The fourth-order valence-electron chi connectivity index (χ4n) is 1.78. The van der Waals surface area contributed by atoms with Gasteiger partial charge in [0.2, 0.25) is 0 Å². The molecule has 1 amide bonds. The van der Waals surface area contributed by atoms with Crippen LogP contribution in [0.5, 0.6) is 0 Å². The topological polar surface area (TPSA) is 29.1 Å². The van der Waals surface area contributed by atoms with Gasteiger partial charge in [-0.25, -0.2) is 0 Å². The van der Waals surface area contributed by atoms with Crippen LogP contribution in [0.25, 0.3) is 0 Å². The molecular weight excluding hydrogens is 149 g/mol. The molecule has 3 heteroatoms. The summed E-state index contributed by atoms with van der Waals surface area (Å²) < 4.78 is 0. The number of amides is 1. The highest BCUT2D eigenvalue weighted by atomic mass is 16.1. The minimum atomic E-state index is 0.0718. The number of carbonyl (C=O) groups is 1. The van der Waals surface area contributed by atoms with E-state index in [0.29, 0.717) is 6.54 Å². The molecule has 0 saturated carbocycles. The summed E-state index contributed by atoms with van der Waals surface area (Å²) in [7, 11) is 2.05. The van der Waals surface area contributed by atoms with E-state index >= 15 is 0 Å². The standard InChI is InChI=1S/C9H10BNO/c1-5-2-7(10)3-6-4-11-9(12)8(5)6/h2-3H,4,10H2,1H3,(H,11,12). The van der Waals surface area contributed by atoms with Crippen molar-refractivity contribution in [3.8, 4) is 0 Å². The highest BCUT2D eigenvalue weighted by Crippen LogP contribution is 2.17. The van der Waals surface area contributed by atoms with E-state index in [-0.39, 0.29) is 5.91 Å². The Labute approximate surface area is 72.4 Å². The minimum absolute atomic E-state index is 0.0718. The Hall–Kier alpha value is -1.25. The number of carbonyl (C=O) groups excluding carboxylic acids is 1. The van der Waals surface area contributed by atoms with Crippen molar-refractivity contribution in [2.24, 2.45) is 0 Å². The van der Waals surface area contributed by atoms with Gasteiger partial charge in [0.15, 0.2) is 0 Å². The van der Waals surface area contributed by atoms with Crippen LogP contribution in [-0.2, 0) is 6.54 Å². The van der Waals surface area contributed by atoms with E-state index in [2.05, 4.69) is 19.2 Å². The van der Waals surface area contributed by atoms with Crippen molar-refractivity contribution in [3.05, 3.63) is 28.8 Å². The highest BCUT2D eigenvalue weighted by Gasteiger charge is 2.20. The normalized spacial score (nSPS) is 14.2. The maximum absolute atomic E-state index is 11.3. The molecule has 2 nitrogen and oxygen atoms in total. The summed E-state index contributed by atoms with van der Waals surface area (Å²) >= 11 is 0. The number of nitrogens with one attached hydrogen (secondary N) is 1. The predicted molar refractivity (Wildman–Crippen MR) is 50.5 cm³/mol. The first-order chi connectivity index (χ1) is 5.68. The van der Waals surface area contributed by atoms with Crippen LogP contribution in [0.3, 0.4) is 0 Å². The van der Waals surface area contributed by atoms with Crippen molar-refractivity contribution in [1.82, 2.24) is 5.32 Å². The summed E-state index contributed by atoms with van der Waals surface area (Å²) in [5.74, 6) is 0.0718. The summed E-state index contributed by atoms with van der Waals surface area (Å²) in [6.07, 6.45) is 0. The Morgan fingerprint density at radius 2 is 2.25 bits per heavy atom. The van der Waals surface area contributed by atoms with Crippen LogP contribution >= 0.6 is 0 Å². The Balaban J connectivity index is 2.68. The van der Waals surface area contributed by atoms with E-state index in [4.69, 9.17) is 0 Å². The van der Waals surface area contributed by atoms with E-state index in [0.717, 1.165) is 16.7 Å². The zero-order valence-corrected chi connectivity index (χ0v) is 7.27. The first-order valence-corrected chi connectivity index (χ1v) is 4.07. The van der Waals surface area contributed by atoms with Gasteiger partial charge in [-0.05, 0) is 18.1 Å². The summed E-state index contributed by atoms with van der Waals surface area (Å²) in [6.45, 7) is 2.67. The van der Waals surface area contributed by atoms with Gasteiger partial charge in [-0.15, -0.1) is 0 Å². The predicted octanol–water partition coefficient (Wildman–Crippen LogP) is -0.503. The second kappa shape index (κ2) is 2.37. The Morgan fingerprint density at radius 1 is 1.50 bits per heavy atom. The molecule has 2 rings (SSSR count). The second-order valence-corrected chi connectivity index (χ2v) is 3.30. The lowest BCUT2D eigenvalue weighted by Crippen LogP contribution is -2.13. The average molecular weight is 159 g/mol. The summed E-state index contributed by atoms with van der Waals surface area (Å²) in [5, 5.41) is 2.81. The van der Waals surface area contributed by atoms with E-state index in [1.165, 1.54) is 5.46 Å². The van der Waals surface area contributed by atoms with Gasteiger partial charge in [0, 0.05) is 12.1 Å². The molecule has 0 aliphatic carbocycles. The summed E-state index contributed by atoms with van der Waals surface area (Å²) in [6, 6.07) is 4.12. The first kappa shape index (κ1) is 7.41. The number of aryl methyl sites for hydroxylation is 1. The SMILES string of the molecule is Bc1cc(C)c2c(c1)CNC2=O. The molecule has 0 unspecified atom stereocenters. The van der Waals surface area contributed by atoms with Crippen LogP contribution in [0, 0.1) is 6.92 Å². The molecule has 1 aliphatic rings. The molecule has 0 aromatic heterocycles. The first-order valence-electron chi connectivity index (χ1n) is 4.07. The van der Waals surface area contributed by atoms with Gasteiger partial charge in [0.05, 0.1) is 0 Å². The summed E-state index contributed by atoms with van der Waals surface area (Å²) in [4.78, 5) is 11.3. The van der Waals surface area contributed by atoms with Crippen LogP contribution in [0.15, 0.2) is 12.1 Å². The van der Waals surface area contributed by atoms with Crippen molar-refractivity contribution >= 4 is 19.2 Å². The molecule has 0 spiro atoms. The third kappa shape index (κ3) is 0.933. The number of hydrogen-bond donors (Lipinski definition) is 1. The van der Waals surface area contributed by atoms with Gasteiger partial charge in [-0.1, -0.05) is 17.6 Å². The number of fused-ring (bicyclic) bond motifs is 1. The molecule has 0 atom stereocenters. The Morgan fingerprint density at radius 3 is 3.00 bits per heavy atom. The molecule has 1 N–H and O–H groups in total. The lowest BCUT2D eigenvalue weighted by Gasteiger charge is -2.02. The Bertz CT molecular complexity index is 360. The van der Waals surface area contributed by atoms with E-state index < -0.39 is 0 Å². The van der Waals surface area contributed by atoms with Crippen LogP contribution in [0.4, 0.5) is 0 Å². The molecule has 0 radical (unpaired) electrons. The third-order valence-corrected chi connectivity index (χ3v) is 2.23. The molecule has 1 aromatic carbocycles. The maximum atomic E-state index is 11.3. The van der Waals surface area contributed by atoms with E-state index in [1.807, 2.05) is 13.0 Å². The fraction of sp³-hybridized carbons (Fsp3) is 0.222. The number of rotatable bonds is 0. The van der Waals surface area contributed by atoms with Crippen molar-refractivity contribution < 1.29 is 4.79 Å². The third-order valence-electron chi connectivity index (χ3n) is 2.23. The largest absolute Gasteiger partial charge is 0.348 e. The molecule has 1 aliphatic heterocycles. The number of hydrogen-bond acceptors (Lipinski definition) is 1. The maximum Gasteiger partial charge on any atom is 0.252 e.